The highest BCUT2D eigenvalue weighted by Crippen LogP contribution is 1.37. The van der Waals surface area contributed by atoms with Gasteiger partial charge in [0.15, 0.2) is 0 Å². The lowest BCUT2D eigenvalue weighted by molar-refractivity contribution is 1.92. The second-order valence-electron chi connectivity index (χ2n) is 0.375. The van der Waals surface area contributed by atoms with Crippen LogP contribution in [-0.2, 0) is 0 Å². The van der Waals surface area contributed by atoms with Crippen LogP contribution in [0.4, 0.5) is 0 Å². The third kappa shape index (κ3) is 1.56. The summed E-state index contributed by atoms with van der Waals surface area (Å²) < 4.78 is 0. The lowest BCUT2D eigenvalue weighted by Gasteiger charge is -1.38. The Bertz CT molecular complexity index is 36.8. The maximum Gasteiger partial charge on any atom is 0.0905 e. The number of rotatable bonds is 0. The minimum Gasteiger partial charge on any atom is -0.106 e. The first-order valence-corrected chi connectivity index (χ1v) is 1.00. The molecule has 0 aromatic carbocycles. The first-order valence-electron chi connectivity index (χ1n) is 1.00. The first kappa shape index (κ1) is 3.56. The Hall–Kier alpha value is -0.440. The molecule has 0 heteroatoms. The molecule has 0 spiro atoms. The third-order valence-electron chi connectivity index (χ3n) is 0.125. The molecule has 0 nitrogen and oxygen atoms in total. The fourth-order valence-electron chi connectivity index (χ4n) is 0. The molecule has 0 N–H and O–H groups in total. The van der Waals surface area contributed by atoms with E-state index >= 15 is 0 Å². The van der Waals surface area contributed by atoms with Crippen molar-refractivity contribution in [2.45, 2.75) is 6.92 Å². The topological polar surface area (TPSA) is 0 Å². The maximum absolute atomic E-state index is 6.09. The van der Waals surface area contributed by atoms with Crippen molar-refractivity contribution in [2.75, 3.05) is 0 Å². The first-order chi connectivity index (χ1) is 1.91. The Morgan fingerprint density at radius 3 is 2.00 bits per heavy atom. The Kier molecular flexibility index (Phi) is 2.28. The van der Waals surface area contributed by atoms with Crippen molar-refractivity contribution in [1.82, 2.24) is 0 Å². The van der Waals surface area contributed by atoms with Crippen molar-refractivity contribution in [3.05, 3.63) is 6.92 Å². The van der Waals surface area contributed by atoms with E-state index < -0.39 is 0 Å². The zero-order valence-corrected chi connectivity index (χ0v) is 2.50. The van der Waals surface area contributed by atoms with Gasteiger partial charge < -0.3 is 0 Å². The Morgan fingerprint density at radius 1 is 1.75 bits per heavy atom. The minimum atomic E-state index is 1.63. The van der Waals surface area contributed by atoms with Gasteiger partial charge in [-0.1, -0.05) is 5.92 Å². The van der Waals surface area contributed by atoms with Crippen LogP contribution in [0.5, 0.6) is 0 Å². The molecule has 0 heterocycles. The summed E-state index contributed by atoms with van der Waals surface area (Å²) in [5.74, 6) is 4.28. The number of hydrogen-bond donors (Lipinski definition) is 0. The predicted molar refractivity (Wildman–Crippen MR) is 16.7 cm³/mol. The molecule has 4 heavy (non-hydrogen) atoms. The summed E-state index contributed by atoms with van der Waals surface area (Å²) in [6.45, 7) is 7.72. The second kappa shape index (κ2) is 2.56. The van der Waals surface area contributed by atoms with Crippen LogP contribution in [0, 0.1) is 18.8 Å². The van der Waals surface area contributed by atoms with E-state index in [0.717, 1.165) is 0 Å². The zero-order valence-electron chi connectivity index (χ0n) is 2.50. The summed E-state index contributed by atoms with van der Waals surface area (Å²) in [5.41, 5.74) is 0. The van der Waals surface area contributed by atoms with Crippen LogP contribution < -0.4 is 0 Å². The van der Waals surface area contributed by atoms with Crippen molar-refractivity contribution in [1.29, 1.82) is 0 Å². The predicted octanol–water partition coefficient (Wildman–Crippen LogP) is 0.598. The number of hydrogen-bond acceptors (Lipinski definition) is 0. The highest BCUT2D eigenvalue weighted by molar-refractivity contribution is 4.97. The molecule has 3 radical (unpaired) electrons. The lowest BCUT2D eigenvalue weighted by Crippen LogP contribution is -1.29. The summed E-state index contributed by atoms with van der Waals surface area (Å²) in [4.78, 5) is 0. The van der Waals surface area contributed by atoms with E-state index in [1.807, 2.05) is 5.92 Å². The molecule has 0 saturated heterocycles. The molecule has 0 aliphatic heterocycles. The molecule has 0 amide bonds. The average Bonchev–Trinajstić information content (AvgIpc) is 1.37. The Labute approximate surface area is 26.8 Å². The summed E-state index contributed by atoms with van der Waals surface area (Å²) >= 11 is 0. The zero-order chi connectivity index (χ0) is 3.41. The summed E-state index contributed by atoms with van der Waals surface area (Å²) in [7, 11) is 0. The minimum absolute atomic E-state index is 1.63. The quantitative estimate of drug-likeness (QED) is 0.353. The molecule has 0 atom stereocenters. The van der Waals surface area contributed by atoms with Crippen LogP contribution >= 0.6 is 0 Å². The van der Waals surface area contributed by atoms with Gasteiger partial charge in [-0.05, 0) is 6.92 Å². The van der Waals surface area contributed by atoms with Crippen molar-refractivity contribution < 1.29 is 0 Å². The summed E-state index contributed by atoms with van der Waals surface area (Å²) in [5, 5.41) is 0. The smallest absolute Gasteiger partial charge is 0.0905 e. The highest BCUT2D eigenvalue weighted by atomic mass is 13.3. The molecule has 0 aromatic rings. The largest absolute Gasteiger partial charge is 0.106 e. The molecular weight excluding hydrogens is 48.0 g/mol. The van der Waals surface area contributed by atoms with Gasteiger partial charge in [0, 0.05) is 0 Å². The van der Waals surface area contributed by atoms with Gasteiger partial charge in [0.2, 0.25) is 0 Å². The van der Waals surface area contributed by atoms with Gasteiger partial charge in [-0.2, -0.15) is 0 Å². The summed E-state index contributed by atoms with van der Waals surface area (Å²) in [6.07, 6.45) is 0. The van der Waals surface area contributed by atoms with E-state index in [2.05, 4.69) is 5.92 Å². The van der Waals surface area contributed by atoms with Crippen LogP contribution in [0.3, 0.4) is 0 Å². The molecule has 0 aliphatic carbocycles. The van der Waals surface area contributed by atoms with Crippen molar-refractivity contribution in [3.63, 3.8) is 0 Å². The molecule has 0 aromatic heterocycles. The molecule has 0 fully saturated rings. The van der Waals surface area contributed by atoms with E-state index in [4.69, 9.17) is 6.92 Å². The van der Waals surface area contributed by atoms with Gasteiger partial charge >= 0.3 is 0 Å². The van der Waals surface area contributed by atoms with Gasteiger partial charge in [0.25, 0.3) is 0 Å². The average molecular weight is 51.1 g/mol. The van der Waals surface area contributed by atoms with Gasteiger partial charge in [0.05, 0.1) is 6.92 Å². The summed E-state index contributed by atoms with van der Waals surface area (Å²) in [6, 6.07) is 0. The van der Waals surface area contributed by atoms with E-state index in [0.29, 0.717) is 0 Å². The third-order valence-corrected chi connectivity index (χ3v) is 0.125. The molecule has 0 unspecified atom stereocenters. The van der Waals surface area contributed by atoms with Crippen molar-refractivity contribution in [2.24, 2.45) is 0 Å². The van der Waals surface area contributed by atoms with Gasteiger partial charge in [-0.25, -0.2) is 0 Å². The molecule has 0 rings (SSSR count). The Balaban J connectivity index is 2.83. The highest BCUT2D eigenvalue weighted by Gasteiger charge is 1.29. The fourth-order valence-corrected chi connectivity index (χ4v) is 0. The standard InChI is InChI=1S/C4H3/c1-3-4-2/h1H3. The monoisotopic (exact) mass is 51.0 g/mol. The normalized spacial score (nSPS) is 3.50. The van der Waals surface area contributed by atoms with Gasteiger partial charge in [-0.3, -0.25) is 0 Å². The Morgan fingerprint density at radius 2 is 2.00 bits per heavy atom. The van der Waals surface area contributed by atoms with Crippen LogP contribution in [0.25, 0.3) is 0 Å². The van der Waals surface area contributed by atoms with E-state index in [1.165, 1.54) is 0 Å². The van der Waals surface area contributed by atoms with E-state index in [9.17, 15) is 0 Å². The lowest BCUT2D eigenvalue weighted by atomic mass is 10.7. The van der Waals surface area contributed by atoms with Crippen LogP contribution in [0.15, 0.2) is 0 Å². The molecule has 19 valence electrons. The van der Waals surface area contributed by atoms with E-state index in [-0.39, 0.29) is 0 Å². The van der Waals surface area contributed by atoms with Gasteiger partial charge in [0.1, 0.15) is 0 Å². The van der Waals surface area contributed by atoms with Crippen molar-refractivity contribution in [3.8, 4) is 11.8 Å². The molecule has 0 bridgehead atoms. The molecule has 0 aliphatic rings. The van der Waals surface area contributed by atoms with Crippen LogP contribution in [0.1, 0.15) is 6.92 Å². The molecule has 0 saturated carbocycles. The maximum atomic E-state index is 6.09. The van der Waals surface area contributed by atoms with Crippen molar-refractivity contribution >= 4 is 0 Å². The molecular formula is C4H3. The SMILES string of the molecule is [C]C#CC. The van der Waals surface area contributed by atoms with E-state index in [1.54, 1.807) is 6.92 Å². The van der Waals surface area contributed by atoms with Crippen LogP contribution in [0.2, 0.25) is 0 Å². The fraction of sp³-hybridized carbons (Fsp3) is 0.250. The van der Waals surface area contributed by atoms with Crippen LogP contribution in [-0.4, -0.2) is 0 Å². The van der Waals surface area contributed by atoms with Gasteiger partial charge in [-0.15, -0.1) is 5.92 Å². The second-order valence-corrected chi connectivity index (χ2v) is 0.375.